The van der Waals surface area contributed by atoms with Crippen LogP contribution >= 0.6 is 0 Å². The minimum atomic E-state index is -3.10. The van der Waals surface area contributed by atoms with Crippen LogP contribution < -0.4 is 4.74 Å². The molecule has 0 spiro atoms. The number of rotatable bonds is 9. The Hall–Kier alpha value is -4.25. The van der Waals surface area contributed by atoms with E-state index in [4.69, 9.17) is 9.47 Å². The molecule has 11 nitrogen and oxygen atoms in total. The highest BCUT2D eigenvalue weighted by Crippen LogP contribution is 2.29. The maximum absolute atomic E-state index is 12.1. The second kappa shape index (κ2) is 9.71. The van der Waals surface area contributed by atoms with Gasteiger partial charge in [-0.25, -0.2) is 14.4 Å². The van der Waals surface area contributed by atoms with E-state index in [-0.39, 0.29) is 17.1 Å². The van der Waals surface area contributed by atoms with Crippen LogP contribution in [-0.4, -0.2) is 67.4 Å². The number of methoxy groups -OCH3 is 1. The van der Waals surface area contributed by atoms with Gasteiger partial charge < -0.3 is 40.1 Å². The van der Waals surface area contributed by atoms with Crippen LogP contribution in [-0.2, 0) is 25.5 Å². The van der Waals surface area contributed by atoms with E-state index in [1.165, 1.54) is 31.4 Å². The third kappa shape index (κ3) is 5.46. The normalized spacial score (nSPS) is 13.8. The first-order valence-corrected chi connectivity index (χ1v) is 8.93. The second-order valence-electron chi connectivity index (χ2n) is 6.65. The van der Waals surface area contributed by atoms with Crippen LogP contribution in [0.25, 0.3) is 6.08 Å². The van der Waals surface area contributed by atoms with Crippen molar-refractivity contribution in [2.75, 3.05) is 7.11 Å². The molecule has 0 aromatic heterocycles. The molecule has 0 saturated carbocycles. The smallest absolute Gasteiger partial charge is 0.348 e. The standard InChI is InChI=1S/C21H20O11/c1-31-16-9-11(2-6-14(16)23)4-7-17(25)32-18(19(26)27)21(30,20(28)29)10-12-3-5-13(22)15(24)8-12/h2-9,18,22-24,30H,10H2,1H3,(H,26,27)(H,28,29)/t18-,21-/m1/s1. The SMILES string of the molecule is COc1cc(C=CC(=O)O[C@H](C(=O)O)[C@](O)(Cc2ccc(O)c(O)c2)C(=O)O)ccc1O. The number of carboxylic acids is 2. The molecule has 0 aliphatic heterocycles. The molecule has 0 fully saturated rings. The van der Waals surface area contributed by atoms with E-state index in [0.29, 0.717) is 5.56 Å². The molecule has 2 atom stereocenters. The Morgan fingerprint density at radius 3 is 2.22 bits per heavy atom. The van der Waals surface area contributed by atoms with Crippen molar-refractivity contribution in [1.29, 1.82) is 0 Å². The van der Waals surface area contributed by atoms with Crippen LogP contribution in [0.5, 0.6) is 23.0 Å². The Morgan fingerprint density at radius 2 is 1.66 bits per heavy atom. The Morgan fingerprint density at radius 1 is 1.00 bits per heavy atom. The van der Waals surface area contributed by atoms with E-state index in [0.717, 1.165) is 24.3 Å². The lowest BCUT2D eigenvalue weighted by atomic mass is 9.88. The molecule has 0 bridgehead atoms. The zero-order valence-electron chi connectivity index (χ0n) is 16.6. The average Bonchev–Trinajstić information content (AvgIpc) is 2.73. The Balaban J connectivity index is 2.27. The molecule has 2 aromatic carbocycles. The number of carbonyl (C=O) groups is 3. The quantitative estimate of drug-likeness (QED) is 0.181. The lowest BCUT2D eigenvalue weighted by Gasteiger charge is -2.29. The average molecular weight is 448 g/mol. The van der Waals surface area contributed by atoms with Crippen LogP contribution in [0.15, 0.2) is 42.5 Å². The summed E-state index contributed by atoms with van der Waals surface area (Å²) in [4.78, 5) is 35.5. The van der Waals surface area contributed by atoms with Gasteiger partial charge >= 0.3 is 17.9 Å². The zero-order chi connectivity index (χ0) is 24.1. The lowest BCUT2D eigenvalue weighted by molar-refractivity contribution is -0.192. The fourth-order valence-corrected chi connectivity index (χ4v) is 2.74. The third-order valence-corrected chi connectivity index (χ3v) is 4.39. The minimum Gasteiger partial charge on any atom is -0.504 e. The molecular formula is C21H20O11. The zero-order valence-corrected chi connectivity index (χ0v) is 16.6. The Labute approximate surface area is 181 Å². The molecule has 2 aromatic rings. The number of hydrogen-bond donors (Lipinski definition) is 6. The largest absolute Gasteiger partial charge is 0.504 e. The van der Waals surface area contributed by atoms with E-state index in [1.54, 1.807) is 0 Å². The third-order valence-electron chi connectivity index (χ3n) is 4.39. The van der Waals surface area contributed by atoms with Crippen LogP contribution in [0.2, 0.25) is 0 Å². The van der Waals surface area contributed by atoms with Gasteiger partial charge in [0.2, 0.25) is 11.7 Å². The first-order chi connectivity index (χ1) is 15.0. The molecule has 2 rings (SSSR count). The fraction of sp³-hybridized carbons (Fsp3) is 0.190. The van der Waals surface area contributed by atoms with Gasteiger partial charge in [0.15, 0.2) is 23.0 Å². The number of carboxylic acid groups (broad SMARTS) is 2. The van der Waals surface area contributed by atoms with Crippen molar-refractivity contribution < 1.29 is 54.5 Å². The molecular weight excluding hydrogens is 428 g/mol. The maximum atomic E-state index is 12.1. The highest BCUT2D eigenvalue weighted by Gasteiger charge is 2.51. The number of phenols is 3. The number of aliphatic carboxylic acids is 2. The number of hydrogen-bond acceptors (Lipinski definition) is 9. The van der Waals surface area contributed by atoms with Crippen LogP contribution in [0, 0.1) is 0 Å². The molecule has 0 aliphatic rings. The Bertz CT molecular complexity index is 1060. The van der Waals surface area contributed by atoms with Gasteiger partial charge in [0, 0.05) is 12.5 Å². The van der Waals surface area contributed by atoms with E-state index in [9.17, 15) is 45.0 Å². The van der Waals surface area contributed by atoms with E-state index in [2.05, 4.69) is 0 Å². The van der Waals surface area contributed by atoms with Crippen molar-refractivity contribution in [1.82, 2.24) is 0 Å². The monoisotopic (exact) mass is 448 g/mol. The highest BCUT2D eigenvalue weighted by molar-refractivity contribution is 5.93. The van der Waals surface area contributed by atoms with Crippen LogP contribution in [0.3, 0.4) is 0 Å². The van der Waals surface area contributed by atoms with Gasteiger partial charge in [-0.3, -0.25) is 0 Å². The molecule has 0 amide bonds. The number of aromatic hydroxyl groups is 3. The summed E-state index contributed by atoms with van der Waals surface area (Å²) < 4.78 is 9.64. The summed E-state index contributed by atoms with van der Waals surface area (Å²) in [5.74, 6) is -6.34. The number of esters is 1. The molecule has 170 valence electrons. The number of aliphatic hydroxyl groups is 1. The first kappa shape index (κ1) is 24.0. The molecule has 0 saturated heterocycles. The summed E-state index contributed by atoms with van der Waals surface area (Å²) in [5.41, 5.74) is -2.77. The van der Waals surface area contributed by atoms with Gasteiger partial charge in [0.05, 0.1) is 7.11 Å². The van der Waals surface area contributed by atoms with E-state index >= 15 is 0 Å². The number of phenolic OH excluding ortho intramolecular Hbond substituents is 3. The van der Waals surface area contributed by atoms with Crippen molar-refractivity contribution in [3.8, 4) is 23.0 Å². The molecule has 0 radical (unpaired) electrons. The summed E-state index contributed by atoms with van der Waals surface area (Å²) in [7, 11) is 1.31. The first-order valence-electron chi connectivity index (χ1n) is 8.93. The number of benzene rings is 2. The van der Waals surface area contributed by atoms with Crippen LogP contribution in [0.4, 0.5) is 0 Å². The molecule has 0 unspecified atom stereocenters. The summed E-state index contributed by atoms with van der Waals surface area (Å²) in [6.07, 6.45) is -1.38. The topological polar surface area (TPSA) is 191 Å². The van der Waals surface area contributed by atoms with Gasteiger partial charge in [0.1, 0.15) is 0 Å². The van der Waals surface area contributed by atoms with Gasteiger partial charge in [-0.15, -0.1) is 0 Å². The predicted octanol–water partition coefficient (Wildman–Crippen LogP) is 0.880. The lowest BCUT2D eigenvalue weighted by Crippen LogP contribution is -2.56. The molecule has 11 heteroatoms. The minimum absolute atomic E-state index is 0.0424. The van der Waals surface area contributed by atoms with Crippen molar-refractivity contribution in [3.63, 3.8) is 0 Å². The van der Waals surface area contributed by atoms with Crippen molar-refractivity contribution in [3.05, 3.63) is 53.6 Å². The van der Waals surface area contributed by atoms with Gasteiger partial charge in [-0.05, 0) is 41.5 Å². The molecule has 0 heterocycles. The van der Waals surface area contributed by atoms with Gasteiger partial charge in [-0.2, -0.15) is 0 Å². The van der Waals surface area contributed by atoms with E-state index < -0.39 is 47.5 Å². The molecule has 0 aliphatic carbocycles. The summed E-state index contributed by atoms with van der Waals surface area (Å²) in [6.45, 7) is 0. The van der Waals surface area contributed by atoms with Gasteiger partial charge in [-0.1, -0.05) is 12.1 Å². The van der Waals surface area contributed by atoms with Crippen molar-refractivity contribution >= 4 is 24.0 Å². The summed E-state index contributed by atoms with van der Waals surface area (Å²) >= 11 is 0. The number of ether oxygens (including phenoxy) is 2. The predicted molar refractivity (Wildman–Crippen MR) is 107 cm³/mol. The summed E-state index contributed by atoms with van der Waals surface area (Å²) in [5, 5.41) is 57.9. The van der Waals surface area contributed by atoms with Crippen molar-refractivity contribution in [2.45, 2.75) is 18.1 Å². The number of carbonyl (C=O) groups excluding carboxylic acids is 1. The van der Waals surface area contributed by atoms with Gasteiger partial charge in [0.25, 0.3) is 0 Å². The fourth-order valence-electron chi connectivity index (χ4n) is 2.74. The summed E-state index contributed by atoms with van der Waals surface area (Å²) in [6, 6.07) is 7.19. The highest BCUT2D eigenvalue weighted by atomic mass is 16.6. The maximum Gasteiger partial charge on any atom is 0.348 e. The Kier molecular flexibility index (Phi) is 7.29. The molecule has 6 N–H and O–H groups in total. The molecule has 32 heavy (non-hydrogen) atoms. The van der Waals surface area contributed by atoms with Crippen molar-refractivity contribution in [2.24, 2.45) is 0 Å². The van der Waals surface area contributed by atoms with E-state index in [1.807, 2.05) is 0 Å². The second-order valence-corrected chi connectivity index (χ2v) is 6.65. The van der Waals surface area contributed by atoms with Crippen LogP contribution in [0.1, 0.15) is 11.1 Å².